The Morgan fingerprint density at radius 3 is 1.90 bits per heavy atom. The van der Waals surface area contributed by atoms with Gasteiger partial charge in [0.1, 0.15) is 18.4 Å². The van der Waals surface area contributed by atoms with Crippen LogP contribution in [0.25, 0.3) is 0 Å². The fourth-order valence-corrected chi connectivity index (χ4v) is 3.22. The van der Waals surface area contributed by atoms with Crippen LogP contribution in [0, 0.1) is 0 Å². The highest BCUT2D eigenvalue weighted by Crippen LogP contribution is 2.11. The largest absolute Gasteiger partial charge is 0.386 e. The van der Waals surface area contributed by atoms with Crippen LogP contribution in [0.2, 0.25) is 0 Å². The van der Waals surface area contributed by atoms with E-state index in [1.807, 2.05) is 14.1 Å². The lowest BCUT2D eigenvalue weighted by Gasteiger charge is -2.31. The minimum absolute atomic E-state index is 0.344. The average molecular weight is 325 g/mol. The van der Waals surface area contributed by atoms with E-state index in [0.717, 1.165) is 13.0 Å². The Bertz CT molecular complexity index is 355. The second kappa shape index (κ2) is 10.5. The number of likely N-dealkylation sites (N-methyl/N-ethyl adjacent to an activating group) is 1. The number of unbranched alkanes of at least 4 members (excludes halogenated alkanes) is 7. The number of quaternary nitrogens is 1. The molecule has 0 bridgehead atoms. The SMILES string of the molecule is CCCCCCCCCC[N+](C)(C)CC(O)CS(=O)(=O)O. The average Bonchev–Trinajstić information content (AvgIpc) is 2.29. The third-order valence-corrected chi connectivity index (χ3v) is 4.53. The van der Waals surface area contributed by atoms with Crippen molar-refractivity contribution in [3.8, 4) is 0 Å². The maximum absolute atomic E-state index is 10.7. The van der Waals surface area contributed by atoms with Crippen molar-refractivity contribution in [1.29, 1.82) is 0 Å². The fraction of sp³-hybridized carbons (Fsp3) is 1.00. The van der Waals surface area contributed by atoms with E-state index in [1.54, 1.807) is 0 Å². The van der Waals surface area contributed by atoms with Crippen molar-refractivity contribution in [2.75, 3.05) is 32.9 Å². The van der Waals surface area contributed by atoms with E-state index >= 15 is 0 Å². The van der Waals surface area contributed by atoms with Gasteiger partial charge in [-0.3, -0.25) is 4.55 Å². The number of hydrogen-bond acceptors (Lipinski definition) is 3. The Labute approximate surface area is 130 Å². The van der Waals surface area contributed by atoms with Crippen molar-refractivity contribution in [3.63, 3.8) is 0 Å². The Morgan fingerprint density at radius 2 is 1.43 bits per heavy atom. The lowest BCUT2D eigenvalue weighted by atomic mass is 10.1. The minimum Gasteiger partial charge on any atom is -0.386 e. The van der Waals surface area contributed by atoms with E-state index in [0.29, 0.717) is 11.0 Å². The first-order valence-electron chi connectivity index (χ1n) is 8.11. The molecule has 0 rings (SSSR count). The molecule has 0 spiro atoms. The molecule has 0 saturated carbocycles. The second-order valence-corrected chi connectivity index (χ2v) is 8.22. The van der Waals surface area contributed by atoms with Gasteiger partial charge in [-0.1, -0.05) is 45.4 Å². The number of aliphatic hydroxyl groups excluding tert-OH is 1. The highest BCUT2D eigenvalue weighted by Gasteiger charge is 2.23. The summed E-state index contributed by atoms with van der Waals surface area (Å²) >= 11 is 0. The standard InChI is InChI=1S/C15H33NO4S/c1-4-5-6-7-8-9-10-11-12-16(2,3)13-15(17)14-21(18,19)20/h15,17H,4-14H2,1-3H3/p+1. The summed E-state index contributed by atoms with van der Waals surface area (Å²) in [4.78, 5) is 0. The van der Waals surface area contributed by atoms with Gasteiger partial charge in [0.25, 0.3) is 10.1 Å². The van der Waals surface area contributed by atoms with Gasteiger partial charge < -0.3 is 9.59 Å². The zero-order valence-electron chi connectivity index (χ0n) is 13.9. The summed E-state index contributed by atoms with van der Waals surface area (Å²) in [5.74, 6) is -0.577. The molecule has 6 heteroatoms. The summed E-state index contributed by atoms with van der Waals surface area (Å²) in [5.41, 5.74) is 0. The van der Waals surface area contributed by atoms with Gasteiger partial charge in [-0.25, -0.2) is 0 Å². The minimum atomic E-state index is -4.10. The Balaban J connectivity index is 3.72. The summed E-state index contributed by atoms with van der Waals surface area (Å²) in [7, 11) is -0.135. The van der Waals surface area contributed by atoms with E-state index < -0.39 is 22.0 Å². The molecule has 0 aliphatic carbocycles. The number of hydrogen-bond donors (Lipinski definition) is 2. The maximum atomic E-state index is 10.7. The first-order chi connectivity index (χ1) is 9.66. The van der Waals surface area contributed by atoms with Crippen LogP contribution in [0.4, 0.5) is 0 Å². The van der Waals surface area contributed by atoms with Crippen LogP contribution < -0.4 is 0 Å². The third kappa shape index (κ3) is 14.5. The lowest BCUT2D eigenvalue weighted by Crippen LogP contribution is -2.47. The van der Waals surface area contributed by atoms with E-state index in [2.05, 4.69) is 6.92 Å². The molecule has 0 saturated heterocycles. The van der Waals surface area contributed by atoms with Crippen molar-refractivity contribution in [1.82, 2.24) is 0 Å². The number of nitrogens with zero attached hydrogens (tertiary/aromatic N) is 1. The normalized spacial score (nSPS) is 14.3. The van der Waals surface area contributed by atoms with Crippen molar-refractivity contribution in [2.24, 2.45) is 0 Å². The van der Waals surface area contributed by atoms with Crippen molar-refractivity contribution < 1.29 is 22.6 Å². The Kier molecular flexibility index (Phi) is 10.5. The van der Waals surface area contributed by atoms with Crippen LogP contribution in [0.15, 0.2) is 0 Å². The van der Waals surface area contributed by atoms with Gasteiger partial charge in [-0.2, -0.15) is 8.42 Å². The van der Waals surface area contributed by atoms with Gasteiger partial charge in [-0.15, -0.1) is 0 Å². The van der Waals surface area contributed by atoms with Crippen molar-refractivity contribution >= 4 is 10.1 Å². The number of aliphatic hydroxyl groups is 1. The molecule has 0 radical (unpaired) electrons. The van der Waals surface area contributed by atoms with Crippen LogP contribution in [0.1, 0.15) is 58.3 Å². The second-order valence-electron chi connectivity index (χ2n) is 6.72. The molecule has 2 N–H and O–H groups in total. The first kappa shape index (κ1) is 20.8. The molecule has 0 amide bonds. The van der Waals surface area contributed by atoms with E-state index in [1.165, 1.54) is 44.9 Å². The van der Waals surface area contributed by atoms with Gasteiger partial charge >= 0.3 is 0 Å². The van der Waals surface area contributed by atoms with Crippen LogP contribution in [0.3, 0.4) is 0 Å². The molecule has 128 valence electrons. The van der Waals surface area contributed by atoms with E-state index in [4.69, 9.17) is 4.55 Å². The molecule has 1 unspecified atom stereocenters. The van der Waals surface area contributed by atoms with Crippen molar-refractivity contribution in [2.45, 2.75) is 64.4 Å². The van der Waals surface area contributed by atoms with Gasteiger partial charge in [0.05, 0.1) is 20.6 Å². The highest BCUT2D eigenvalue weighted by atomic mass is 32.2. The fourth-order valence-electron chi connectivity index (χ4n) is 2.63. The molecular formula is C15H34NO4S+. The zero-order chi connectivity index (χ0) is 16.4. The third-order valence-electron chi connectivity index (χ3n) is 3.72. The molecule has 0 aromatic carbocycles. The Morgan fingerprint density at radius 1 is 0.952 bits per heavy atom. The molecule has 0 aliphatic heterocycles. The molecule has 0 aromatic rings. The molecule has 5 nitrogen and oxygen atoms in total. The first-order valence-corrected chi connectivity index (χ1v) is 9.72. The molecular weight excluding hydrogens is 290 g/mol. The van der Waals surface area contributed by atoms with Gasteiger partial charge in [0.15, 0.2) is 0 Å². The summed E-state index contributed by atoms with van der Waals surface area (Å²) in [6.45, 7) is 3.48. The van der Waals surface area contributed by atoms with Crippen LogP contribution in [0.5, 0.6) is 0 Å². The van der Waals surface area contributed by atoms with E-state index in [-0.39, 0.29) is 0 Å². The monoisotopic (exact) mass is 324 g/mol. The predicted octanol–water partition coefficient (Wildman–Crippen LogP) is 2.45. The summed E-state index contributed by atoms with van der Waals surface area (Å²) in [6, 6.07) is 0. The molecule has 0 aliphatic rings. The zero-order valence-corrected chi connectivity index (χ0v) is 14.7. The molecule has 0 heterocycles. The summed E-state index contributed by atoms with van der Waals surface area (Å²) in [5, 5.41) is 9.69. The molecule has 21 heavy (non-hydrogen) atoms. The highest BCUT2D eigenvalue weighted by molar-refractivity contribution is 7.85. The lowest BCUT2D eigenvalue weighted by molar-refractivity contribution is -0.893. The van der Waals surface area contributed by atoms with Gasteiger partial charge in [-0.05, 0) is 12.8 Å². The predicted molar refractivity (Wildman–Crippen MR) is 86.9 cm³/mol. The number of rotatable bonds is 13. The smallest absolute Gasteiger partial charge is 0.267 e. The van der Waals surface area contributed by atoms with E-state index in [9.17, 15) is 13.5 Å². The molecule has 1 atom stereocenters. The molecule has 0 aromatic heterocycles. The van der Waals surface area contributed by atoms with Gasteiger partial charge in [0, 0.05) is 0 Å². The van der Waals surface area contributed by atoms with Crippen molar-refractivity contribution in [3.05, 3.63) is 0 Å². The quantitative estimate of drug-likeness (QED) is 0.310. The maximum Gasteiger partial charge on any atom is 0.267 e. The van der Waals surface area contributed by atoms with Crippen LogP contribution in [-0.4, -0.2) is 61.6 Å². The Hall–Kier alpha value is -0.170. The molecule has 0 fully saturated rings. The summed E-state index contributed by atoms with van der Waals surface area (Å²) < 4.78 is 30.7. The van der Waals surface area contributed by atoms with Gasteiger partial charge in [0.2, 0.25) is 0 Å². The summed E-state index contributed by atoms with van der Waals surface area (Å²) in [6.07, 6.45) is 9.05. The van der Waals surface area contributed by atoms with Crippen LogP contribution >= 0.6 is 0 Å². The van der Waals surface area contributed by atoms with Crippen LogP contribution in [-0.2, 0) is 10.1 Å². The topological polar surface area (TPSA) is 74.6 Å².